The van der Waals surface area contributed by atoms with E-state index in [0.717, 1.165) is 5.69 Å². The van der Waals surface area contributed by atoms with E-state index in [0.29, 0.717) is 5.56 Å². The Hall–Kier alpha value is -1.94. The van der Waals surface area contributed by atoms with Gasteiger partial charge in [-0.15, -0.1) is 11.8 Å². The van der Waals surface area contributed by atoms with Crippen molar-refractivity contribution < 1.29 is 9.53 Å². The molecule has 3 nitrogen and oxygen atoms in total. The van der Waals surface area contributed by atoms with E-state index in [4.69, 9.17) is 4.74 Å². The van der Waals surface area contributed by atoms with Crippen molar-refractivity contribution in [2.24, 2.45) is 0 Å². The summed E-state index contributed by atoms with van der Waals surface area (Å²) in [6, 6.07) is 15.9. The number of hydrogen-bond acceptors (Lipinski definition) is 4. The number of carbonyl (C=O) groups excluding carboxylic acids is 1. The van der Waals surface area contributed by atoms with Gasteiger partial charge in [-0.25, -0.2) is 4.79 Å². The molecule has 0 spiro atoms. The standard InChI is InChI=1S/C17H19NO2S/c1-12(13-8-10-14(21-3)11-9-13)18-16-7-5-4-6-15(16)17(19)20-2/h4-12,18H,1-3H3. The van der Waals surface area contributed by atoms with Crippen LogP contribution >= 0.6 is 11.8 Å². The van der Waals surface area contributed by atoms with Gasteiger partial charge >= 0.3 is 5.97 Å². The molecule has 0 aliphatic heterocycles. The highest BCUT2D eigenvalue weighted by Crippen LogP contribution is 2.24. The van der Waals surface area contributed by atoms with Crippen LogP contribution in [0, 0.1) is 0 Å². The van der Waals surface area contributed by atoms with Gasteiger partial charge in [-0.2, -0.15) is 0 Å². The molecule has 110 valence electrons. The fourth-order valence-electron chi connectivity index (χ4n) is 2.11. The largest absolute Gasteiger partial charge is 0.465 e. The van der Waals surface area contributed by atoms with E-state index >= 15 is 0 Å². The predicted molar refractivity (Wildman–Crippen MR) is 88.0 cm³/mol. The van der Waals surface area contributed by atoms with Crippen molar-refractivity contribution in [1.82, 2.24) is 0 Å². The molecule has 21 heavy (non-hydrogen) atoms. The number of benzene rings is 2. The van der Waals surface area contributed by atoms with E-state index in [1.807, 2.05) is 18.2 Å². The summed E-state index contributed by atoms with van der Waals surface area (Å²) in [5.74, 6) is -0.331. The van der Waals surface area contributed by atoms with Gasteiger partial charge in [-0.1, -0.05) is 24.3 Å². The molecule has 4 heteroatoms. The summed E-state index contributed by atoms with van der Waals surface area (Å²) < 4.78 is 4.81. The third kappa shape index (κ3) is 3.79. The van der Waals surface area contributed by atoms with E-state index in [-0.39, 0.29) is 12.0 Å². The van der Waals surface area contributed by atoms with Crippen LogP contribution in [-0.2, 0) is 4.74 Å². The molecule has 0 heterocycles. The maximum Gasteiger partial charge on any atom is 0.339 e. The highest BCUT2D eigenvalue weighted by Gasteiger charge is 2.13. The minimum Gasteiger partial charge on any atom is -0.465 e. The van der Waals surface area contributed by atoms with Crippen LogP contribution < -0.4 is 5.32 Å². The van der Waals surface area contributed by atoms with Crippen molar-refractivity contribution in [2.45, 2.75) is 17.9 Å². The highest BCUT2D eigenvalue weighted by atomic mass is 32.2. The van der Waals surface area contributed by atoms with Crippen LogP contribution in [-0.4, -0.2) is 19.3 Å². The number of thioether (sulfide) groups is 1. The van der Waals surface area contributed by atoms with Crippen LogP contribution in [0.1, 0.15) is 28.9 Å². The Labute approximate surface area is 129 Å². The molecule has 1 atom stereocenters. The van der Waals surface area contributed by atoms with Crippen LogP contribution in [0.5, 0.6) is 0 Å². The number of carbonyl (C=O) groups is 1. The number of para-hydroxylation sites is 1. The smallest absolute Gasteiger partial charge is 0.339 e. The quantitative estimate of drug-likeness (QED) is 0.657. The molecule has 0 radical (unpaired) electrons. The number of hydrogen-bond donors (Lipinski definition) is 1. The van der Waals surface area contributed by atoms with E-state index < -0.39 is 0 Å². The lowest BCUT2D eigenvalue weighted by Gasteiger charge is -2.18. The van der Waals surface area contributed by atoms with Crippen LogP contribution in [0.25, 0.3) is 0 Å². The minimum atomic E-state index is -0.331. The molecule has 0 bridgehead atoms. The number of rotatable bonds is 5. The van der Waals surface area contributed by atoms with Crippen molar-refractivity contribution in [3.05, 3.63) is 59.7 Å². The third-order valence-electron chi connectivity index (χ3n) is 3.32. The minimum absolute atomic E-state index is 0.103. The Morgan fingerprint density at radius 2 is 1.81 bits per heavy atom. The zero-order valence-corrected chi connectivity index (χ0v) is 13.2. The number of anilines is 1. The molecular formula is C17H19NO2S. The Kier molecular flexibility index (Phi) is 5.28. The second kappa shape index (κ2) is 7.18. The normalized spacial score (nSPS) is 11.8. The second-order valence-electron chi connectivity index (χ2n) is 4.68. The molecule has 2 aromatic rings. The van der Waals surface area contributed by atoms with Gasteiger partial charge < -0.3 is 10.1 Å². The van der Waals surface area contributed by atoms with Crippen molar-refractivity contribution >= 4 is 23.4 Å². The molecule has 0 fully saturated rings. The van der Waals surface area contributed by atoms with Crippen LogP contribution in [0.3, 0.4) is 0 Å². The summed E-state index contributed by atoms with van der Waals surface area (Å²) in [5, 5.41) is 3.37. The van der Waals surface area contributed by atoms with Gasteiger partial charge in [0.1, 0.15) is 0 Å². The average Bonchev–Trinajstić information content (AvgIpc) is 2.54. The monoisotopic (exact) mass is 301 g/mol. The summed E-state index contributed by atoms with van der Waals surface area (Å²) in [5.41, 5.74) is 2.51. The molecule has 2 aromatic carbocycles. The number of esters is 1. The Morgan fingerprint density at radius 1 is 1.14 bits per heavy atom. The fourth-order valence-corrected chi connectivity index (χ4v) is 2.51. The molecule has 1 unspecified atom stereocenters. The Morgan fingerprint density at radius 3 is 2.43 bits per heavy atom. The number of methoxy groups -OCH3 is 1. The lowest BCUT2D eigenvalue weighted by atomic mass is 10.1. The molecule has 2 rings (SSSR count). The van der Waals surface area contributed by atoms with Gasteiger partial charge in [0.05, 0.1) is 12.7 Å². The van der Waals surface area contributed by atoms with Crippen LogP contribution in [0.4, 0.5) is 5.69 Å². The average molecular weight is 301 g/mol. The molecule has 0 saturated carbocycles. The van der Waals surface area contributed by atoms with Crippen molar-refractivity contribution in [2.75, 3.05) is 18.7 Å². The first kappa shape index (κ1) is 15.4. The van der Waals surface area contributed by atoms with Crippen LogP contribution in [0.15, 0.2) is 53.4 Å². The SMILES string of the molecule is COC(=O)c1ccccc1NC(C)c1ccc(SC)cc1. The maximum atomic E-state index is 11.8. The van der Waals surface area contributed by atoms with E-state index in [9.17, 15) is 4.79 Å². The molecule has 1 N–H and O–H groups in total. The first-order chi connectivity index (χ1) is 10.2. The Balaban J connectivity index is 2.19. The summed E-state index contributed by atoms with van der Waals surface area (Å²) in [6.45, 7) is 2.07. The van der Waals surface area contributed by atoms with E-state index in [1.54, 1.807) is 17.8 Å². The summed E-state index contributed by atoms with van der Waals surface area (Å²) in [6.07, 6.45) is 2.06. The number of ether oxygens (including phenoxy) is 1. The lowest BCUT2D eigenvalue weighted by molar-refractivity contribution is 0.0602. The molecular weight excluding hydrogens is 282 g/mol. The molecule has 0 amide bonds. The molecule has 0 saturated heterocycles. The van der Waals surface area contributed by atoms with Gasteiger partial charge in [0.15, 0.2) is 0 Å². The summed E-state index contributed by atoms with van der Waals surface area (Å²) >= 11 is 1.72. The first-order valence-corrected chi connectivity index (χ1v) is 7.96. The van der Waals surface area contributed by atoms with Gasteiger partial charge in [-0.3, -0.25) is 0 Å². The van der Waals surface area contributed by atoms with Crippen molar-refractivity contribution in [3.63, 3.8) is 0 Å². The van der Waals surface area contributed by atoms with Crippen molar-refractivity contribution in [3.8, 4) is 0 Å². The fraction of sp³-hybridized carbons (Fsp3) is 0.235. The topological polar surface area (TPSA) is 38.3 Å². The zero-order valence-electron chi connectivity index (χ0n) is 12.4. The van der Waals surface area contributed by atoms with Gasteiger partial charge in [0.25, 0.3) is 0 Å². The van der Waals surface area contributed by atoms with Gasteiger partial charge in [0, 0.05) is 16.6 Å². The van der Waals surface area contributed by atoms with E-state index in [2.05, 4.69) is 42.8 Å². The summed E-state index contributed by atoms with van der Waals surface area (Å²) in [4.78, 5) is 13.0. The molecule has 0 aliphatic rings. The highest BCUT2D eigenvalue weighted by molar-refractivity contribution is 7.98. The number of nitrogens with one attached hydrogen (secondary N) is 1. The molecule has 0 aromatic heterocycles. The second-order valence-corrected chi connectivity index (χ2v) is 5.56. The summed E-state index contributed by atoms with van der Waals surface area (Å²) in [7, 11) is 1.39. The Bertz CT molecular complexity index is 610. The zero-order chi connectivity index (χ0) is 15.2. The van der Waals surface area contributed by atoms with E-state index in [1.165, 1.54) is 17.6 Å². The lowest BCUT2D eigenvalue weighted by Crippen LogP contribution is -2.11. The van der Waals surface area contributed by atoms with Crippen molar-refractivity contribution in [1.29, 1.82) is 0 Å². The first-order valence-electron chi connectivity index (χ1n) is 6.73. The third-order valence-corrected chi connectivity index (χ3v) is 4.06. The van der Waals surface area contributed by atoms with Crippen LogP contribution in [0.2, 0.25) is 0 Å². The molecule has 0 aliphatic carbocycles. The van der Waals surface area contributed by atoms with Gasteiger partial charge in [-0.05, 0) is 43.0 Å². The predicted octanol–water partition coefficient (Wildman–Crippen LogP) is 4.37. The maximum absolute atomic E-state index is 11.8. The van der Waals surface area contributed by atoms with Gasteiger partial charge in [0.2, 0.25) is 0 Å².